The molecule has 0 aliphatic carbocycles. The Bertz CT molecular complexity index is 467. The number of benzene rings is 1. The van der Waals surface area contributed by atoms with Crippen molar-refractivity contribution in [1.29, 1.82) is 0 Å². The highest BCUT2D eigenvalue weighted by Crippen LogP contribution is 2.28. The van der Waals surface area contributed by atoms with Gasteiger partial charge in [0.25, 0.3) is 0 Å². The molecule has 0 aromatic heterocycles. The molecule has 3 heteroatoms. The van der Waals surface area contributed by atoms with Gasteiger partial charge in [-0.25, -0.2) is 4.79 Å². The Labute approximate surface area is 114 Å². The van der Waals surface area contributed by atoms with Gasteiger partial charge in [-0.05, 0) is 12.0 Å². The minimum atomic E-state index is -0.280. The third-order valence-electron chi connectivity index (χ3n) is 3.45. The van der Waals surface area contributed by atoms with E-state index in [9.17, 15) is 4.79 Å². The van der Waals surface area contributed by atoms with E-state index in [1.807, 2.05) is 24.3 Å². The normalized spacial score (nSPS) is 19.8. The molecule has 0 saturated heterocycles. The zero-order chi connectivity index (χ0) is 13.7. The van der Waals surface area contributed by atoms with Gasteiger partial charge in [0.15, 0.2) is 0 Å². The summed E-state index contributed by atoms with van der Waals surface area (Å²) in [6.45, 7) is 4.61. The molecule has 1 aliphatic heterocycles. The van der Waals surface area contributed by atoms with E-state index in [4.69, 9.17) is 4.74 Å². The lowest BCUT2D eigenvalue weighted by Crippen LogP contribution is -2.44. The van der Waals surface area contributed by atoms with Crippen molar-refractivity contribution in [1.82, 2.24) is 4.90 Å². The molecular formula is C16H19NO2. The van der Waals surface area contributed by atoms with Crippen molar-refractivity contribution in [3.8, 4) is 0 Å². The summed E-state index contributed by atoms with van der Waals surface area (Å²) < 4.78 is 4.87. The van der Waals surface area contributed by atoms with Gasteiger partial charge in [-0.2, -0.15) is 0 Å². The van der Waals surface area contributed by atoms with Crippen LogP contribution < -0.4 is 0 Å². The van der Waals surface area contributed by atoms with E-state index < -0.39 is 0 Å². The zero-order valence-corrected chi connectivity index (χ0v) is 11.2. The third-order valence-corrected chi connectivity index (χ3v) is 3.45. The fourth-order valence-corrected chi connectivity index (χ4v) is 2.49. The lowest BCUT2D eigenvalue weighted by Gasteiger charge is -2.35. The number of carbonyl (C=O) groups excluding carboxylic acids is 1. The van der Waals surface area contributed by atoms with Crippen molar-refractivity contribution in [3.63, 3.8) is 0 Å². The van der Waals surface area contributed by atoms with Gasteiger partial charge in [-0.3, -0.25) is 0 Å². The van der Waals surface area contributed by atoms with Crippen molar-refractivity contribution in [2.45, 2.75) is 18.4 Å². The summed E-state index contributed by atoms with van der Waals surface area (Å²) in [5, 5.41) is 0. The largest absolute Gasteiger partial charge is 0.453 e. The van der Waals surface area contributed by atoms with Gasteiger partial charge in [0, 0.05) is 12.5 Å². The van der Waals surface area contributed by atoms with Crippen molar-refractivity contribution in [2.24, 2.45) is 0 Å². The summed E-state index contributed by atoms with van der Waals surface area (Å²) in [4.78, 5) is 13.6. The number of nitrogens with zero attached hydrogens (tertiary/aromatic N) is 1. The van der Waals surface area contributed by atoms with Gasteiger partial charge in [0.05, 0.1) is 13.2 Å². The molecule has 1 heterocycles. The summed E-state index contributed by atoms with van der Waals surface area (Å²) in [6.07, 6.45) is 6.66. The molecule has 1 aliphatic rings. The smallest absolute Gasteiger partial charge is 0.410 e. The molecule has 2 rings (SSSR count). The lowest BCUT2D eigenvalue weighted by molar-refractivity contribution is 0.109. The quantitative estimate of drug-likeness (QED) is 0.777. The maximum Gasteiger partial charge on any atom is 0.410 e. The van der Waals surface area contributed by atoms with Gasteiger partial charge < -0.3 is 9.64 Å². The van der Waals surface area contributed by atoms with Gasteiger partial charge in [0.1, 0.15) is 0 Å². The highest BCUT2D eigenvalue weighted by Gasteiger charge is 2.30. The third kappa shape index (κ3) is 2.87. The van der Waals surface area contributed by atoms with E-state index in [1.165, 1.54) is 7.11 Å². The van der Waals surface area contributed by atoms with Crippen molar-refractivity contribution in [3.05, 3.63) is 60.7 Å². The Morgan fingerprint density at radius 2 is 2.21 bits per heavy atom. The van der Waals surface area contributed by atoms with Crippen LogP contribution in [-0.2, 0) is 4.74 Å². The summed E-state index contributed by atoms with van der Waals surface area (Å²) in [5.74, 6) is 0.0804. The molecule has 0 fully saturated rings. The number of hydrogen-bond donors (Lipinski definition) is 0. The Morgan fingerprint density at radius 3 is 2.84 bits per heavy atom. The van der Waals surface area contributed by atoms with E-state index in [0.717, 1.165) is 12.0 Å². The maximum absolute atomic E-state index is 11.9. The topological polar surface area (TPSA) is 29.5 Å². The molecule has 1 aromatic rings. The Balaban J connectivity index is 2.30. The Hall–Kier alpha value is -2.03. The maximum atomic E-state index is 11.9. The van der Waals surface area contributed by atoms with Crippen molar-refractivity contribution >= 4 is 6.09 Å². The molecule has 0 N–H and O–H groups in total. The lowest BCUT2D eigenvalue weighted by atomic mass is 9.89. The van der Waals surface area contributed by atoms with E-state index >= 15 is 0 Å². The molecule has 0 radical (unpaired) electrons. The number of carbonyl (C=O) groups is 1. The molecular weight excluding hydrogens is 238 g/mol. The Kier molecular flexibility index (Phi) is 4.39. The van der Waals surface area contributed by atoms with E-state index in [2.05, 4.69) is 30.9 Å². The second-order valence-corrected chi connectivity index (χ2v) is 4.54. The second-order valence-electron chi connectivity index (χ2n) is 4.54. The summed E-state index contributed by atoms with van der Waals surface area (Å²) in [5.41, 5.74) is 1.16. The van der Waals surface area contributed by atoms with E-state index in [0.29, 0.717) is 6.54 Å². The van der Waals surface area contributed by atoms with Crippen LogP contribution in [0.25, 0.3) is 0 Å². The number of ether oxygens (including phenoxy) is 1. The van der Waals surface area contributed by atoms with Gasteiger partial charge in [-0.1, -0.05) is 48.6 Å². The highest BCUT2D eigenvalue weighted by molar-refractivity contribution is 5.68. The highest BCUT2D eigenvalue weighted by atomic mass is 16.5. The second kappa shape index (κ2) is 6.23. The summed E-state index contributed by atoms with van der Waals surface area (Å²) in [6, 6.07) is 10.1. The van der Waals surface area contributed by atoms with Crippen molar-refractivity contribution < 1.29 is 9.53 Å². The molecule has 3 nitrogen and oxygen atoms in total. The van der Waals surface area contributed by atoms with Crippen LogP contribution in [0.2, 0.25) is 0 Å². The van der Waals surface area contributed by atoms with Crippen molar-refractivity contribution in [2.75, 3.05) is 13.7 Å². The first-order chi connectivity index (χ1) is 9.27. The molecule has 0 spiro atoms. The van der Waals surface area contributed by atoms with Crippen LogP contribution in [0.15, 0.2) is 55.1 Å². The average molecular weight is 257 g/mol. The summed E-state index contributed by atoms with van der Waals surface area (Å²) >= 11 is 0. The predicted molar refractivity (Wildman–Crippen MR) is 76.0 cm³/mol. The molecule has 2 atom stereocenters. The van der Waals surface area contributed by atoms with Gasteiger partial charge in [0.2, 0.25) is 0 Å². The van der Waals surface area contributed by atoms with Crippen LogP contribution in [0, 0.1) is 0 Å². The molecule has 2 unspecified atom stereocenters. The van der Waals surface area contributed by atoms with Crippen LogP contribution in [0.4, 0.5) is 4.79 Å². The molecule has 19 heavy (non-hydrogen) atoms. The number of rotatable bonds is 3. The first-order valence-electron chi connectivity index (χ1n) is 6.46. The van der Waals surface area contributed by atoms with Gasteiger partial charge in [-0.15, -0.1) is 6.58 Å². The molecule has 0 bridgehead atoms. The summed E-state index contributed by atoms with van der Waals surface area (Å²) in [7, 11) is 1.42. The number of amides is 1. The SMILES string of the molecule is C=CC(c1ccccc1)C1C=CCCN1C(=O)OC. The minimum absolute atomic E-state index is 0.0268. The Morgan fingerprint density at radius 1 is 1.47 bits per heavy atom. The first-order valence-corrected chi connectivity index (χ1v) is 6.46. The predicted octanol–water partition coefficient (Wildman–Crippen LogP) is 3.35. The fourth-order valence-electron chi connectivity index (χ4n) is 2.49. The van der Waals surface area contributed by atoms with Crippen LogP contribution in [0.5, 0.6) is 0 Å². The number of methoxy groups -OCH3 is 1. The van der Waals surface area contributed by atoms with Crippen LogP contribution >= 0.6 is 0 Å². The standard InChI is InChI=1S/C16H19NO2/c1-3-14(13-9-5-4-6-10-13)15-11-7-8-12-17(15)16(18)19-2/h3-7,9-11,14-15H,1,8,12H2,2H3. The minimum Gasteiger partial charge on any atom is -0.453 e. The molecule has 1 amide bonds. The van der Waals surface area contributed by atoms with E-state index in [1.54, 1.807) is 4.90 Å². The van der Waals surface area contributed by atoms with Crippen LogP contribution in [0.3, 0.4) is 0 Å². The first kappa shape index (κ1) is 13.4. The number of hydrogen-bond acceptors (Lipinski definition) is 2. The molecule has 1 aromatic carbocycles. The zero-order valence-electron chi connectivity index (χ0n) is 11.2. The van der Waals surface area contributed by atoms with Gasteiger partial charge >= 0.3 is 6.09 Å². The van der Waals surface area contributed by atoms with E-state index in [-0.39, 0.29) is 18.1 Å². The monoisotopic (exact) mass is 257 g/mol. The average Bonchev–Trinajstić information content (AvgIpc) is 2.49. The fraction of sp³-hybridized carbons (Fsp3) is 0.312. The molecule has 0 saturated carbocycles. The molecule has 100 valence electrons. The van der Waals surface area contributed by atoms with Crippen LogP contribution in [-0.4, -0.2) is 30.7 Å². The van der Waals surface area contributed by atoms with Crippen LogP contribution in [0.1, 0.15) is 17.9 Å².